The van der Waals surface area contributed by atoms with Gasteiger partial charge in [-0.15, -0.1) is 0 Å². The van der Waals surface area contributed by atoms with Gasteiger partial charge in [0.15, 0.2) is 0 Å². The van der Waals surface area contributed by atoms with E-state index < -0.39 is 0 Å². The van der Waals surface area contributed by atoms with Crippen LogP contribution in [0.5, 0.6) is 11.5 Å². The fourth-order valence-corrected chi connectivity index (χ4v) is 2.42. The maximum Gasteiger partial charge on any atom is 0.139 e. The third-order valence-electron chi connectivity index (χ3n) is 2.67. The van der Waals surface area contributed by atoms with Crippen LogP contribution in [0.2, 0.25) is 5.02 Å². The number of benzene rings is 2. The quantitative estimate of drug-likeness (QED) is 0.810. The summed E-state index contributed by atoms with van der Waals surface area (Å²) in [4.78, 5) is 0. The zero-order valence-electron chi connectivity index (χ0n) is 10.7. The Kier molecular flexibility index (Phi) is 4.89. The Balaban J connectivity index is 2.15. The first-order chi connectivity index (χ1) is 9.63. The molecule has 0 N–H and O–H groups in total. The summed E-state index contributed by atoms with van der Waals surface area (Å²) in [7, 11) is 1.61. The predicted molar refractivity (Wildman–Crippen MR) is 81.2 cm³/mol. The molecule has 0 fully saturated rings. The first-order valence-electron chi connectivity index (χ1n) is 5.79. The number of ether oxygens (including phenoxy) is 2. The van der Waals surface area contributed by atoms with Crippen molar-refractivity contribution >= 4 is 27.5 Å². The molecule has 5 heteroatoms. The van der Waals surface area contributed by atoms with E-state index in [-0.39, 0.29) is 0 Å². The van der Waals surface area contributed by atoms with Gasteiger partial charge in [0, 0.05) is 11.1 Å². The maximum absolute atomic E-state index is 9.02. The molecular formula is C15H11BrClNO2. The van der Waals surface area contributed by atoms with Crippen molar-refractivity contribution in [1.82, 2.24) is 0 Å². The van der Waals surface area contributed by atoms with E-state index in [1.165, 1.54) is 0 Å². The molecule has 0 amide bonds. The molecule has 0 aliphatic rings. The highest BCUT2D eigenvalue weighted by atomic mass is 79.9. The number of methoxy groups -OCH3 is 1. The molecule has 0 saturated heterocycles. The Bertz CT molecular complexity index is 667. The van der Waals surface area contributed by atoms with Crippen molar-refractivity contribution in [3.63, 3.8) is 0 Å². The average Bonchev–Trinajstić information content (AvgIpc) is 2.45. The second-order valence-electron chi connectivity index (χ2n) is 4.01. The van der Waals surface area contributed by atoms with Crippen molar-refractivity contribution in [3.05, 3.63) is 57.0 Å². The Morgan fingerprint density at radius 3 is 2.65 bits per heavy atom. The third-order valence-corrected chi connectivity index (χ3v) is 3.53. The van der Waals surface area contributed by atoms with E-state index in [0.29, 0.717) is 22.9 Å². The van der Waals surface area contributed by atoms with Crippen LogP contribution in [0, 0.1) is 11.3 Å². The van der Waals surface area contributed by atoms with Gasteiger partial charge in [-0.25, -0.2) is 0 Å². The molecule has 2 rings (SSSR count). The van der Waals surface area contributed by atoms with Crippen molar-refractivity contribution in [2.75, 3.05) is 7.11 Å². The first-order valence-corrected chi connectivity index (χ1v) is 6.96. The zero-order valence-corrected chi connectivity index (χ0v) is 13.0. The minimum atomic E-state index is 0.345. The van der Waals surface area contributed by atoms with Gasteiger partial charge >= 0.3 is 0 Å². The summed E-state index contributed by atoms with van der Waals surface area (Å²) >= 11 is 9.33. The predicted octanol–water partition coefficient (Wildman–Crippen LogP) is 4.56. The number of hydrogen-bond donors (Lipinski definition) is 0. The fraction of sp³-hybridized carbons (Fsp3) is 0.133. The van der Waals surface area contributed by atoms with Gasteiger partial charge in [0.05, 0.1) is 17.1 Å². The second-order valence-corrected chi connectivity index (χ2v) is 5.30. The molecule has 0 bridgehead atoms. The number of nitrogens with zero attached hydrogens (tertiary/aromatic N) is 1. The second kappa shape index (κ2) is 6.65. The summed E-state index contributed by atoms with van der Waals surface area (Å²) in [5.74, 6) is 1.24. The lowest BCUT2D eigenvalue weighted by atomic mass is 10.2. The Morgan fingerprint density at radius 1 is 1.20 bits per heavy atom. The number of nitriles is 1. The van der Waals surface area contributed by atoms with Crippen molar-refractivity contribution in [2.45, 2.75) is 6.61 Å². The molecule has 20 heavy (non-hydrogen) atoms. The van der Waals surface area contributed by atoms with Gasteiger partial charge in [-0.05, 0) is 45.8 Å². The largest absolute Gasteiger partial charge is 0.496 e. The molecule has 0 unspecified atom stereocenters. The summed E-state index contributed by atoms with van der Waals surface area (Å²) in [6.07, 6.45) is 0. The number of halogens is 2. The molecule has 2 aromatic rings. The van der Waals surface area contributed by atoms with Crippen molar-refractivity contribution in [2.24, 2.45) is 0 Å². The summed E-state index contributed by atoms with van der Waals surface area (Å²) in [5.41, 5.74) is 1.42. The highest BCUT2D eigenvalue weighted by Gasteiger charge is 2.06. The molecule has 102 valence electrons. The minimum Gasteiger partial charge on any atom is -0.496 e. The van der Waals surface area contributed by atoms with Crippen LogP contribution in [0.15, 0.2) is 40.9 Å². The smallest absolute Gasteiger partial charge is 0.139 e. The molecule has 0 aromatic heterocycles. The van der Waals surface area contributed by atoms with E-state index in [2.05, 4.69) is 22.0 Å². The standard InChI is InChI=1S/C15H11BrClNO2/c1-19-14-5-2-10(6-13(14)16)9-20-15-7-12(17)4-3-11(15)8-18/h2-7H,9H2,1H3. The average molecular weight is 353 g/mol. The van der Waals surface area contributed by atoms with Crippen LogP contribution in [0.25, 0.3) is 0 Å². The van der Waals surface area contributed by atoms with Gasteiger partial charge in [0.2, 0.25) is 0 Å². The first kappa shape index (κ1) is 14.7. The molecule has 0 heterocycles. The van der Waals surface area contributed by atoms with Gasteiger partial charge in [-0.2, -0.15) is 5.26 Å². The van der Waals surface area contributed by atoms with Crippen LogP contribution in [0.1, 0.15) is 11.1 Å². The van der Waals surface area contributed by atoms with Crippen molar-refractivity contribution < 1.29 is 9.47 Å². The summed E-state index contributed by atoms with van der Waals surface area (Å²) in [6, 6.07) is 12.7. The molecule has 2 aromatic carbocycles. The Morgan fingerprint density at radius 2 is 2.00 bits per heavy atom. The molecule has 0 spiro atoms. The molecule has 0 aliphatic carbocycles. The van der Waals surface area contributed by atoms with Gasteiger partial charge in [0.25, 0.3) is 0 Å². The van der Waals surface area contributed by atoms with Crippen LogP contribution < -0.4 is 9.47 Å². The summed E-state index contributed by atoms with van der Waals surface area (Å²) in [6.45, 7) is 0.345. The van der Waals surface area contributed by atoms with Crippen LogP contribution >= 0.6 is 27.5 Å². The maximum atomic E-state index is 9.02. The van der Waals surface area contributed by atoms with E-state index >= 15 is 0 Å². The molecule has 0 aliphatic heterocycles. The van der Waals surface area contributed by atoms with E-state index in [1.54, 1.807) is 25.3 Å². The zero-order chi connectivity index (χ0) is 14.5. The Labute approximate surface area is 130 Å². The number of hydrogen-bond acceptors (Lipinski definition) is 3. The lowest BCUT2D eigenvalue weighted by Gasteiger charge is -2.10. The van der Waals surface area contributed by atoms with Crippen LogP contribution in [0.4, 0.5) is 0 Å². The van der Waals surface area contributed by atoms with Crippen LogP contribution in [0.3, 0.4) is 0 Å². The van der Waals surface area contributed by atoms with Gasteiger partial charge in [-0.3, -0.25) is 0 Å². The highest BCUT2D eigenvalue weighted by molar-refractivity contribution is 9.10. The Hall–Kier alpha value is -1.70. The SMILES string of the molecule is COc1ccc(COc2cc(Cl)ccc2C#N)cc1Br. The highest BCUT2D eigenvalue weighted by Crippen LogP contribution is 2.27. The minimum absolute atomic E-state index is 0.345. The van der Waals surface area contributed by atoms with Crippen molar-refractivity contribution in [3.8, 4) is 17.6 Å². The molecule has 0 atom stereocenters. The third kappa shape index (κ3) is 3.44. The summed E-state index contributed by atoms with van der Waals surface area (Å²) < 4.78 is 11.7. The fourth-order valence-electron chi connectivity index (χ4n) is 1.67. The van der Waals surface area contributed by atoms with Crippen LogP contribution in [-0.4, -0.2) is 7.11 Å². The number of rotatable bonds is 4. The lowest BCUT2D eigenvalue weighted by molar-refractivity contribution is 0.305. The lowest BCUT2D eigenvalue weighted by Crippen LogP contribution is -1.98. The van der Waals surface area contributed by atoms with Gasteiger partial charge < -0.3 is 9.47 Å². The topological polar surface area (TPSA) is 42.2 Å². The van der Waals surface area contributed by atoms with Gasteiger partial charge in [-0.1, -0.05) is 17.7 Å². The summed E-state index contributed by atoms with van der Waals surface area (Å²) in [5, 5.41) is 9.56. The van der Waals surface area contributed by atoms with Gasteiger partial charge in [0.1, 0.15) is 24.2 Å². The van der Waals surface area contributed by atoms with E-state index in [4.69, 9.17) is 26.3 Å². The normalized spacial score (nSPS) is 9.90. The molecule has 0 radical (unpaired) electrons. The monoisotopic (exact) mass is 351 g/mol. The van der Waals surface area contributed by atoms with E-state index in [1.807, 2.05) is 18.2 Å². The molecule has 3 nitrogen and oxygen atoms in total. The van der Waals surface area contributed by atoms with E-state index in [9.17, 15) is 0 Å². The van der Waals surface area contributed by atoms with E-state index in [0.717, 1.165) is 15.8 Å². The van der Waals surface area contributed by atoms with Crippen molar-refractivity contribution in [1.29, 1.82) is 5.26 Å². The van der Waals surface area contributed by atoms with Crippen LogP contribution in [-0.2, 0) is 6.61 Å². The molecule has 0 saturated carbocycles. The molecular weight excluding hydrogens is 342 g/mol.